The zero-order valence-electron chi connectivity index (χ0n) is 25.5. The van der Waals surface area contributed by atoms with Crippen LogP contribution in [0.15, 0.2) is 0 Å². The van der Waals surface area contributed by atoms with Gasteiger partial charge < -0.3 is 18.9 Å². The Labute approximate surface area is 237 Å². The van der Waals surface area contributed by atoms with Crippen LogP contribution >= 0.6 is 0 Å². The summed E-state index contributed by atoms with van der Waals surface area (Å²) >= 11 is 0. The lowest BCUT2D eigenvalue weighted by Crippen LogP contribution is -2.57. The Morgan fingerprint density at radius 1 is 0.462 bits per heavy atom. The molecule has 0 spiro atoms. The molecule has 1 unspecified atom stereocenters. The van der Waals surface area contributed by atoms with Gasteiger partial charge in [-0.25, -0.2) is 0 Å². The van der Waals surface area contributed by atoms with E-state index in [-0.39, 0.29) is 32.8 Å². The van der Waals surface area contributed by atoms with Crippen molar-refractivity contribution < 1.29 is 38.1 Å². The van der Waals surface area contributed by atoms with Crippen LogP contribution in [0.2, 0.25) is 0 Å². The van der Waals surface area contributed by atoms with Gasteiger partial charge in [0.2, 0.25) is 0 Å². The van der Waals surface area contributed by atoms with Gasteiger partial charge in [0.15, 0.2) is 0 Å². The molecule has 0 amide bonds. The van der Waals surface area contributed by atoms with Gasteiger partial charge in [-0.3, -0.25) is 19.2 Å². The maximum absolute atomic E-state index is 13.8. The monoisotopic (exact) mass is 556 g/mol. The van der Waals surface area contributed by atoms with Crippen LogP contribution in [-0.4, -0.2) is 50.3 Å². The first-order chi connectivity index (χ1) is 18.9. The lowest BCUT2D eigenvalue weighted by Gasteiger charge is -2.33. The molecule has 0 aliphatic heterocycles. The van der Waals surface area contributed by atoms with Crippen molar-refractivity contribution in [2.24, 2.45) is 11.3 Å². The Bertz CT molecular complexity index is 616. The normalized spacial score (nSPS) is 12.0. The van der Waals surface area contributed by atoms with Gasteiger partial charge in [0.25, 0.3) is 5.41 Å². The first-order valence-corrected chi connectivity index (χ1v) is 15.6. The average molecular weight is 557 g/mol. The van der Waals surface area contributed by atoms with E-state index in [1.165, 1.54) is 0 Å². The van der Waals surface area contributed by atoms with Crippen molar-refractivity contribution in [3.05, 3.63) is 0 Å². The molecule has 0 rings (SSSR count). The number of hydrogen-bond acceptors (Lipinski definition) is 8. The molecule has 8 nitrogen and oxygen atoms in total. The molecule has 8 heteroatoms. The third kappa shape index (κ3) is 13.7. The molecular formula is C31H56O8. The smallest absolute Gasteiger partial charge is 0.336 e. The Morgan fingerprint density at radius 2 is 0.769 bits per heavy atom. The van der Waals surface area contributed by atoms with E-state index in [0.29, 0.717) is 32.1 Å². The second kappa shape index (κ2) is 23.7. The van der Waals surface area contributed by atoms with Gasteiger partial charge in [0.1, 0.15) is 0 Å². The van der Waals surface area contributed by atoms with Crippen molar-refractivity contribution in [3.8, 4) is 0 Å². The quantitative estimate of drug-likeness (QED) is 0.0507. The van der Waals surface area contributed by atoms with Crippen LogP contribution in [0, 0.1) is 11.3 Å². The summed E-state index contributed by atoms with van der Waals surface area (Å²) in [5, 5.41) is 0. The van der Waals surface area contributed by atoms with Gasteiger partial charge in [0.05, 0.1) is 32.3 Å². The minimum Gasteiger partial charge on any atom is -0.465 e. The van der Waals surface area contributed by atoms with Crippen molar-refractivity contribution in [2.75, 3.05) is 26.4 Å². The topological polar surface area (TPSA) is 105 Å². The van der Waals surface area contributed by atoms with E-state index in [0.717, 1.165) is 64.2 Å². The summed E-state index contributed by atoms with van der Waals surface area (Å²) in [6.45, 7) is 10.4. The molecule has 0 aromatic heterocycles. The molecule has 0 aromatic rings. The van der Waals surface area contributed by atoms with Crippen LogP contribution in [0.3, 0.4) is 0 Å². The molecule has 0 aromatic carbocycles. The van der Waals surface area contributed by atoms with Gasteiger partial charge in [-0.2, -0.15) is 0 Å². The summed E-state index contributed by atoms with van der Waals surface area (Å²) in [6, 6.07) is 0. The molecule has 0 heterocycles. The minimum absolute atomic E-state index is 0.0356. The minimum atomic E-state index is -2.56. The van der Waals surface area contributed by atoms with Crippen molar-refractivity contribution in [1.82, 2.24) is 0 Å². The summed E-state index contributed by atoms with van der Waals surface area (Å²) in [5.74, 6) is -5.38. The third-order valence-corrected chi connectivity index (χ3v) is 6.80. The lowest BCUT2D eigenvalue weighted by molar-refractivity contribution is -0.195. The summed E-state index contributed by atoms with van der Waals surface area (Å²) in [6.07, 6.45) is 11.7. The summed E-state index contributed by atoms with van der Waals surface area (Å²) in [4.78, 5) is 55.0. The molecule has 0 saturated carbocycles. The number of carbonyl (C=O) groups excluding carboxylic acids is 4. The van der Waals surface area contributed by atoms with Crippen LogP contribution in [0.5, 0.6) is 0 Å². The number of carbonyl (C=O) groups is 4. The number of ether oxygens (including phenoxy) is 4. The Balaban J connectivity index is 6.51. The molecule has 0 aliphatic rings. The van der Waals surface area contributed by atoms with Gasteiger partial charge in [-0.05, 0) is 32.1 Å². The van der Waals surface area contributed by atoms with Gasteiger partial charge >= 0.3 is 23.9 Å². The molecule has 0 saturated heterocycles. The molecule has 0 radical (unpaired) electrons. The standard InChI is InChI=1S/C31H56O8/c1-6-11-16-21-26(27(32)36-22-17-12-7-2)31(28(33)37-23-18-13-8-3,29(34)38-24-19-14-9-4)30(35)39-25-20-15-10-5/h26H,6-25H2,1-5H3. The van der Waals surface area contributed by atoms with Crippen molar-refractivity contribution >= 4 is 23.9 Å². The molecule has 0 aliphatic carbocycles. The number of hydrogen-bond donors (Lipinski definition) is 0. The fraction of sp³-hybridized carbons (Fsp3) is 0.871. The zero-order valence-corrected chi connectivity index (χ0v) is 25.5. The molecule has 228 valence electrons. The highest BCUT2D eigenvalue weighted by Crippen LogP contribution is 2.38. The SMILES string of the molecule is CCCCCOC(=O)C(CCCCC)C(C(=O)OCCCCC)(C(=O)OCCCCC)C(=O)OCCCCC. The zero-order chi connectivity index (χ0) is 29.4. The Hall–Kier alpha value is -2.12. The fourth-order valence-corrected chi connectivity index (χ4v) is 4.30. The highest BCUT2D eigenvalue weighted by atomic mass is 16.6. The predicted molar refractivity (Wildman–Crippen MR) is 152 cm³/mol. The third-order valence-electron chi connectivity index (χ3n) is 6.80. The summed E-state index contributed by atoms with van der Waals surface area (Å²) < 4.78 is 22.2. The molecule has 0 fully saturated rings. The van der Waals surface area contributed by atoms with Gasteiger partial charge in [0, 0.05) is 0 Å². The highest BCUT2D eigenvalue weighted by Gasteiger charge is 2.65. The molecule has 0 N–H and O–H groups in total. The summed E-state index contributed by atoms with van der Waals surface area (Å²) in [5.41, 5.74) is -2.56. The second-order valence-electron chi connectivity index (χ2n) is 10.3. The van der Waals surface area contributed by atoms with Crippen molar-refractivity contribution in [1.29, 1.82) is 0 Å². The van der Waals surface area contributed by atoms with Gasteiger partial charge in [-0.1, -0.05) is 105 Å². The first kappa shape index (κ1) is 36.9. The van der Waals surface area contributed by atoms with E-state index >= 15 is 0 Å². The largest absolute Gasteiger partial charge is 0.465 e. The van der Waals surface area contributed by atoms with Crippen LogP contribution in [-0.2, 0) is 38.1 Å². The molecule has 39 heavy (non-hydrogen) atoms. The Kier molecular flexibility index (Phi) is 22.5. The molecule has 1 atom stereocenters. The Morgan fingerprint density at radius 3 is 1.10 bits per heavy atom. The van der Waals surface area contributed by atoms with Crippen LogP contribution < -0.4 is 0 Å². The second-order valence-corrected chi connectivity index (χ2v) is 10.3. The van der Waals surface area contributed by atoms with Crippen LogP contribution in [0.25, 0.3) is 0 Å². The number of esters is 4. The highest BCUT2D eigenvalue weighted by molar-refractivity contribution is 6.20. The fourth-order valence-electron chi connectivity index (χ4n) is 4.30. The summed E-state index contributed by atoms with van der Waals surface area (Å²) in [7, 11) is 0. The molecular weight excluding hydrogens is 500 g/mol. The van der Waals surface area contributed by atoms with E-state index in [1.54, 1.807) is 0 Å². The van der Waals surface area contributed by atoms with Crippen LogP contribution in [0.4, 0.5) is 0 Å². The van der Waals surface area contributed by atoms with Crippen molar-refractivity contribution in [3.63, 3.8) is 0 Å². The van der Waals surface area contributed by atoms with E-state index in [4.69, 9.17) is 18.9 Å². The number of unbranched alkanes of at least 4 members (excludes halogenated alkanes) is 10. The first-order valence-electron chi connectivity index (χ1n) is 15.6. The maximum Gasteiger partial charge on any atom is 0.336 e. The van der Waals surface area contributed by atoms with Crippen molar-refractivity contribution in [2.45, 2.75) is 137 Å². The van der Waals surface area contributed by atoms with Crippen LogP contribution in [0.1, 0.15) is 137 Å². The average Bonchev–Trinajstić information content (AvgIpc) is 2.93. The van der Waals surface area contributed by atoms with Gasteiger partial charge in [-0.15, -0.1) is 0 Å². The number of rotatable bonds is 25. The maximum atomic E-state index is 13.8. The van der Waals surface area contributed by atoms with E-state index < -0.39 is 35.2 Å². The van der Waals surface area contributed by atoms with E-state index in [1.807, 2.05) is 34.6 Å². The predicted octanol–water partition coefficient (Wildman–Crippen LogP) is 7.10. The molecule has 0 bridgehead atoms. The van der Waals surface area contributed by atoms with E-state index in [9.17, 15) is 19.2 Å². The lowest BCUT2D eigenvalue weighted by atomic mass is 9.72. The van der Waals surface area contributed by atoms with E-state index in [2.05, 4.69) is 0 Å².